The number of aliphatic hydroxyl groups is 1. The van der Waals surface area contributed by atoms with Crippen molar-refractivity contribution in [1.82, 2.24) is 0 Å². The second-order valence-electron chi connectivity index (χ2n) is 2.88. The van der Waals surface area contributed by atoms with Gasteiger partial charge in [0.15, 0.2) is 0 Å². The van der Waals surface area contributed by atoms with Crippen LogP contribution >= 0.6 is 0 Å². The van der Waals surface area contributed by atoms with E-state index in [0.717, 1.165) is 0 Å². The van der Waals surface area contributed by atoms with Crippen molar-refractivity contribution in [1.29, 1.82) is 0 Å². The van der Waals surface area contributed by atoms with Crippen molar-refractivity contribution < 1.29 is 5.11 Å². The third-order valence-corrected chi connectivity index (χ3v) is 1.000. The summed E-state index contributed by atoms with van der Waals surface area (Å²) in [6, 6.07) is 0. The molecule has 1 heteroatoms. The first kappa shape index (κ1) is 6.96. The van der Waals surface area contributed by atoms with Gasteiger partial charge in [-0.05, 0) is 12.3 Å². The van der Waals surface area contributed by atoms with Crippen LogP contribution in [-0.4, -0.2) is 11.2 Å². The zero-order valence-corrected chi connectivity index (χ0v) is 5.23. The van der Waals surface area contributed by atoms with Gasteiger partial charge in [0.05, 0.1) is 6.10 Å². The van der Waals surface area contributed by atoms with E-state index in [1.807, 2.05) is 20.8 Å². The van der Waals surface area contributed by atoms with Gasteiger partial charge >= 0.3 is 0 Å². The Labute approximate surface area is 45.4 Å². The van der Waals surface area contributed by atoms with E-state index in [0.29, 0.717) is 0 Å². The second kappa shape index (κ2) is 1.83. The van der Waals surface area contributed by atoms with Crippen molar-refractivity contribution in [3.8, 4) is 0 Å². The molecule has 0 aromatic heterocycles. The van der Waals surface area contributed by atoms with Gasteiger partial charge in [0.1, 0.15) is 0 Å². The van der Waals surface area contributed by atoms with Crippen molar-refractivity contribution >= 4 is 0 Å². The summed E-state index contributed by atoms with van der Waals surface area (Å²) in [5.74, 6) is 0. The lowest BCUT2D eigenvalue weighted by Crippen LogP contribution is -2.22. The number of hydrogen-bond donors (Lipinski definition) is 1. The van der Waals surface area contributed by atoms with Crippen LogP contribution in [0.4, 0.5) is 0 Å². The summed E-state index contributed by atoms with van der Waals surface area (Å²) in [6.45, 7) is 9.31. The van der Waals surface area contributed by atoms with Gasteiger partial charge in [-0.1, -0.05) is 20.8 Å². The predicted molar refractivity (Wildman–Crippen MR) is 30.8 cm³/mol. The van der Waals surface area contributed by atoms with Gasteiger partial charge in [0.25, 0.3) is 0 Å². The third kappa shape index (κ3) is 2.63. The van der Waals surface area contributed by atoms with E-state index in [1.165, 1.54) is 0 Å². The largest absolute Gasteiger partial charge is 0.393 e. The van der Waals surface area contributed by atoms with Crippen molar-refractivity contribution in [2.45, 2.75) is 26.9 Å². The minimum atomic E-state index is -0.451. The van der Waals surface area contributed by atoms with Crippen LogP contribution in [0.2, 0.25) is 0 Å². The fourth-order valence-electron chi connectivity index (χ4n) is 0. The Morgan fingerprint density at radius 3 is 1.57 bits per heavy atom. The molecule has 0 saturated heterocycles. The molecule has 0 amide bonds. The molecule has 0 saturated carbocycles. The number of rotatable bonds is 0. The molecular formula is C6H13O. The molecule has 0 heterocycles. The second-order valence-corrected chi connectivity index (χ2v) is 2.88. The SMILES string of the molecule is [CH2][C@H](O)C(C)(C)C. The van der Waals surface area contributed by atoms with Gasteiger partial charge in [0, 0.05) is 0 Å². The first-order valence-electron chi connectivity index (χ1n) is 2.46. The monoisotopic (exact) mass is 101 g/mol. The van der Waals surface area contributed by atoms with Gasteiger partial charge in [0.2, 0.25) is 0 Å². The molecular weight excluding hydrogens is 88.1 g/mol. The van der Waals surface area contributed by atoms with E-state index in [2.05, 4.69) is 6.92 Å². The molecule has 1 N–H and O–H groups in total. The van der Waals surface area contributed by atoms with Crippen LogP contribution < -0.4 is 0 Å². The van der Waals surface area contributed by atoms with Crippen LogP contribution in [0, 0.1) is 12.3 Å². The highest BCUT2D eigenvalue weighted by molar-refractivity contribution is 4.73. The molecule has 1 atom stereocenters. The van der Waals surface area contributed by atoms with Crippen LogP contribution in [0.5, 0.6) is 0 Å². The quantitative estimate of drug-likeness (QED) is 0.486. The molecule has 0 aliphatic carbocycles. The van der Waals surface area contributed by atoms with Crippen LogP contribution in [0.3, 0.4) is 0 Å². The fourth-order valence-corrected chi connectivity index (χ4v) is 0. The van der Waals surface area contributed by atoms with Crippen molar-refractivity contribution in [2.24, 2.45) is 5.41 Å². The molecule has 0 spiro atoms. The van der Waals surface area contributed by atoms with E-state index >= 15 is 0 Å². The van der Waals surface area contributed by atoms with Crippen LogP contribution in [0.15, 0.2) is 0 Å². The lowest BCUT2D eigenvalue weighted by atomic mass is 9.91. The first-order chi connectivity index (χ1) is 2.94. The molecule has 0 bridgehead atoms. The molecule has 7 heavy (non-hydrogen) atoms. The van der Waals surface area contributed by atoms with E-state index in [4.69, 9.17) is 5.11 Å². The Morgan fingerprint density at radius 2 is 1.57 bits per heavy atom. The van der Waals surface area contributed by atoms with Crippen molar-refractivity contribution in [3.05, 3.63) is 6.92 Å². The maximum atomic E-state index is 8.78. The molecule has 1 radical (unpaired) electrons. The minimum absolute atomic E-state index is 0.0556. The molecule has 0 aromatic carbocycles. The molecule has 0 aromatic rings. The summed E-state index contributed by atoms with van der Waals surface area (Å²) >= 11 is 0. The Balaban J connectivity index is 3.54. The summed E-state index contributed by atoms with van der Waals surface area (Å²) in [5.41, 5.74) is -0.0556. The fraction of sp³-hybridized carbons (Fsp3) is 0.833. The Kier molecular flexibility index (Phi) is 1.82. The Hall–Kier alpha value is -0.0400. The zero-order valence-electron chi connectivity index (χ0n) is 5.23. The third-order valence-electron chi connectivity index (χ3n) is 1.000. The highest BCUT2D eigenvalue weighted by Crippen LogP contribution is 2.17. The van der Waals surface area contributed by atoms with Crippen molar-refractivity contribution in [2.75, 3.05) is 0 Å². The Bertz CT molecular complexity index is 49.7. The van der Waals surface area contributed by atoms with E-state index in [9.17, 15) is 0 Å². The van der Waals surface area contributed by atoms with Gasteiger partial charge in [-0.3, -0.25) is 0 Å². The molecule has 0 rings (SSSR count). The number of hydrogen-bond acceptors (Lipinski definition) is 1. The Morgan fingerprint density at radius 1 is 1.43 bits per heavy atom. The lowest BCUT2D eigenvalue weighted by Gasteiger charge is -2.20. The van der Waals surface area contributed by atoms with Gasteiger partial charge in [-0.15, -0.1) is 0 Å². The van der Waals surface area contributed by atoms with Crippen LogP contribution in [-0.2, 0) is 0 Å². The summed E-state index contributed by atoms with van der Waals surface area (Å²) in [5, 5.41) is 8.78. The van der Waals surface area contributed by atoms with E-state index in [1.54, 1.807) is 0 Å². The molecule has 1 nitrogen and oxygen atoms in total. The van der Waals surface area contributed by atoms with E-state index < -0.39 is 6.10 Å². The molecule has 0 unspecified atom stereocenters. The smallest absolute Gasteiger partial charge is 0.0589 e. The standard InChI is InChI=1S/C6H13O/c1-5(7)6(2,3)4/h5,7H,1H2,2-4H3/t5-/m0/s1. The molecule has 0 fully saturated rings. The first-order valence-corrected chi connectivity index (χ1v) is 2.46. The summed E-state index contributed by atoms with van der Waals surface area (Å²) in [4.78, 5) is 0. The lowest BCUT2D eigenvalue weighted by molar-refractivity contribution is 0.103. The average molecular weight is 101 g/mol. The van der Waals surface area contributed by atoms with Crippen LogP contribution in [0.1, 0.15) is 20.8 Å². The van der Waals surface area contributed by atoms with Crippen molar-refractivity contribution in [3.63, 3.8) is 0 Å². The maximum absolute atomic E-state index is 8.78. The van der Waals surface area contributed by atoms with Crippen LogP contribution in [0.25, 0.3) is 0 Å². The maximum Gasteiger partial charge on any atom is 0.0589 e. The predicted octanol–water partition coefficient (Wildman–Crippen LogP) is 1.23. The summed E-state index contributed by atoms with van der Waals surface area (Å²) < 4.78 is 0. The van der Waals surface area contributed by atoms with E-state index in [-0.39, 0.29) is 5.41 Å². The highest BCUT2D eigenvalue weighted by atomic mass is 16.3. The molecule has 0 aliphatic rings. The average Bonchev–Trinajstić information content (AvgIpc) is 1.31. The molecule has 0 aliphatic heterocycles. The normalized spacial score (nSPS) is 16.7. The number of aliphatic hydroxyl groups excluding tert-OH is 1. The highest BCUT2D eigenvalue weighted by Gasteiger charge is 2.15. The summed E-state index contributed by atoms with van der Waals surface area (Å²) in [7, 11) is 0. The van der Waals surface area contributed by atoms with Gasteiger partial charge in [-0.25, -0.2) is 0 Å². The topological polar surface area (TPSA) is 20.2 Å². The zero-order chi connectivity index (χ0) is 6.08. The van der Waals surface area contributed by atoms with Gasteiger partial charge in [-0.2, -0.15) is 0 Å². The minimum Gasteiger partial charge on any atom is -0.393 e. The summed E-state index contributed by atoms with van der Waals surface area (Å²) in [6.07, 6.45) is -0.451. The molecule has 43 valence electrons. The van der Waals surface area contributed by atoms with Gasteiger partial charge < -0.3 is 5.11 Å².